The third-order valence-corrected chi connectivity index (χ3v) is 3.17. The Bertz CT molecular complexity index is 326. The summed E-state index contributed by atoms with van der Waals surface area (Å²) in [5.41, 5.74) is 1.23. The van der Waals surface area contributed by atoms with E-state index in [4.69, 9.17) is 4.74 Å². The van der Waals surface area contributed by atoms with E-state index in [-0.39, 0.29) is 0 Å². The molecule has 0 bridgehead atoms. The fourth-order valence-electron chi connectivity index (χ4n) is 2.10. The molecule has 1 aromatic heterocycles. The summed E-state index contributed by atoms with van der Waals surface area (Å²) < 4.78 is 8.11. The third-order valence-electron chi connectivity index (χ3n) is 3.17. The zero-order valence-electron chi connectivity index (χ0n) is 8.85. The van der Waals surface area contributed by atoms with Crippen molar-refractivity contribution >= 4 is 0 Å². The van der Waals surface area contributed by atoms with Gasteiger partial charge in [-0.15, -0.1) is 0 Å². The standard InChI is InChI=1S/C11H17N3O/c1-2-9(1)14-8-13-5-10(14)7-15-11-3-4-12-6-11/h5,8-9,11-12H,1-4,6-7H2. The van der Waals surface area contributed by atoms with Crippen LogP contribution in [0.15, 0.2) is 12.5 Å². The molecule has 15 heavy (non-hydrogen) atoms. The van der Waals surface area contributed by atoms with Crippen molar-refractivity contribution in [2.24, 2.45) is 0 Å². The van der Waals surface area contributed by atoms with Gasteiger partial charge in [-0.05, 0) is 25.8 Å². The average Bonchev–Trinajstić information content (AvgIpc) is 2.81. The highest BCUT2D eigenvalue weighted by atomic mass is 16.5. The van der Waals surface area contributed by atoms with Gasteiger partial charge in [0.2, 0.25) is 0 Å². The SMILES string of the molecule is c1ncn(C2CC2)c1COC1CCNC1. The van der Waals surface area contributed by atoms with Gasteiger partial charge < -0.3 is 14.6 Å². The Kier molecular flexibility index (Phi) is 2.46. The van der Waals surface area contributed by atoms with Crippen LogP contribution in [0.3, 0.4) is 0 Å². The van der Waals surface area contributed by atoms with Gasteiger partial charge in [-0.1, -0.05) is 0 Å². The topological polar surface area (TPSA) is 39.1 Å². The number of aromatic nitrogens is 2. The monoisotopic (exact) mass is 207 g/mol. The summed E-state index contributed by atoms with van der Waals surface area (Å²) >= 11 is 0. The molecule has 0 aromatic carbocycles. The lowest BCUT2D eigenvalue weighted by atomic mass is 10.3. The van der Waals surface area contributed by atoms with Crippen LogP contribution in [-0.4, -0.2) is 28.7 Å². The minimum absolute atomic E-state index is 0.396. The fraction of sp³-hybridized carbons (Fsp3) is 0.727. The Morgan fingerprint density at radius 2 is 2.40 bits per heavy atom. The van der Waals surface area contributed by atoms with Gasteiger partial charge in [0.25, 0.3) is 0 Å². The molecule has 3 rings (SSSR count). The van der Waals surface area contributed by atoms with Gasteiger partial charge in [-0.25, -0.2) is 4.98 Å². The van der Waals surface area contributed by atoms with E-state index >= 15 is 0 Å². The third kappa shape index (κ3) is 2.06. The number of nitrogens with one attached hydrogen (secondary N) is 1. The van der Waals surface area contributed by atoms with Crippen LogP contribution in [0, 0.1) is 0 Å². The van der Waals surface area contributed by atoms with E-state index in [9.17, 15) is 0 Å². The van der Waals surface area contributed by atoms with Crippen molar-refractivity contribution in [2.75, 3.05) is 13.1 Å². The molecule has 1 saturated carbocycles. The summed E-state index contributed by atoms with van der Waals surface area (Å²) in [6.07, 6.45) is 8.00. The van der Waals surface area contributed by atoms with Crippen LogP contribution in [0.2, 0.25) is 0 Å². The number of rotatable bonds is 4. The van der Waals surface area contributed by atoms with E-state index < -0.39 is 0 Å². The first-order valence-corrected chi connectivity index (χ1v) is 5.76. The van der Waals surface area contributed by atoms with Crippen molar-refractivity contribution in [2.45, 2.75) is 38.0 Å². The smallest absolute Gasteiger partial charge is 0.0951 e. The van der Waals surface area contributed by atoms with Gasteiger partial charge in [-0.2, -0.15) is 0 Å². The first-order chi connectivity index (χ1) is 7.43. The average molecular weight is 207 g/mol. The van der Waals surface area contributed by atoms with Crippen LogP contribution in [0.5, 0.6) is 0 Å². The van der Waals surface area contributed by atoms with E-state index in [0.717, 1.165) is 19.5 Å². The first kappa shape index (κ1) is 9.36. The summed E-state index contributed by atoms with van der Waals surface area (Å²) in [6.45, 7) is 2.80. The van der Waals surface area contributed by atoms with Crippen molar-refractivity contribution in [1.29, 1.82) is 0 Å². The van der Waals surface area contributed by atoms with Gasteiger partial charge in [0.05, 0.1) is 30.9 Å². The fourth-order valence-corrected chi connectivity index (χ4v) is 2.10. The molecule has 1 aliphatic carbocycles. The maximum absolute atomic E-state index is 5.84. The molecule has 1 unspecified atom stereocenters. The first-order valence-electron chi connectivity index (χ1n) is 5.76. The molecule has 0 amide bonds. The number of ether oxygens (including phenoxy) is 1. The second kappa shape index (κ2) is 3.94. The Hall–Kier alpha value is -0.870. The van der Waals surface area contributed by atoms with Crippen molar-refractivity contribution in [1.82, 2.24) is 14.9 Å². The molecule has 1 aliphatic heterocycles. The predicted octanol–water partition coefficient (Wildman–Crippen LogP) is 1.10. The highest BCUT2D eigenvalue weighted by Crippen LogP contribution is 2.35. The molecule has 0 spiro atoms. The maximum Gasteiger partial charge on any atom is 0.0951 e. The zero-order valence-corrected chi connectivity index (χ0v) is 8.85. The molecule has 1 aromatic rings. The van der Waals surface area contributed by atoms with Crippen LogP contribution >= 0.6 is 0 Å². The Labute approximate surface area is 89.6 Å². The van der Waals surface area contributed by atoms with Crippen LogP contribution < -0.4 is 5.32 Å². The molecule has 2 fully saturated rings. The van der Waals surface area contributed by atoms with E-state index in [1.807, 2.05) is 12.5 Å². The molecule has 4 nitrogen and oxygen atoms in total. The molecule has 1 saturated heterocycles. The molecule has 82 valence electrons. The van der Waals surface area contributed by atoms with Crippen molar-refractivity contribution < 1.29 is 4.74 Å². The van der Waals surface area contributed by atoms with E-state index in [1.54, 1.807) is 0 Å². The Morgan fingerprint density at radius 3 is 3.13 bits per heavy atom. The van der Waals surface area contributed by atoms with Crippen LogP contribution in [-0.2, 0) is 11.3 Å². The molecule has 2 heterocycles. The van der Waals surface area contributed by atoms with Crippen LogP contribution in [0.25, 0.3) is 0 Å². The summed E-state index contributed by atoms with van der Waals surface area (Å²) in [6, 6.07) is 0.702. The normalized spacial score (nSPS) is 26.0. The van der Waals surface area contributed by atoms with Gasteiger partial charge in [0.1, 0.15) is 0 Å². The summed E-state index contributed by atoms with van der Waals surface area (Å²) in [5, 5.41) is 3.30. The lowest BCUT2D eigenvalue weighted by Crippen LogP contribution is -2.17. The number of nitrogens with zero attached hydrogens (tertiary/aromatic N) is 2. The molecular weight excluding hydrogens is 190 g/mol. The van der Waals surface area contributed by atoms with Crippen molar-refractivity contribution in [3.63, 3.8) is 0 Å². The van der Waals surface area contributed by atoms with Gasteiger partial charge >= 0.3 is 0 Å². The van der Waals surface area contributed by atoms with Crippen LogP contribution in [0.4, 0.5) is 0 Å². The summed E-state index contributed by atoms with van der Waals surface area (Å²) in [4.78, 5) is 4.20. The second-order valence-corrected chi connectivity index (χ2v) is 4.45. The van der Waals surface area contributed by atoms with E-state index in [1.165, 1.54) is 18.5 Å². The lowest BCUT2D eigenvalue weighted by Gasteiger charge is -2.11. The zero-order chi connectivity index (χ0) is 10.1. The van der Waals surface area contributed by atoms with E-state index in [0.29, 0.717) is 18.8 Å². The summed E-state index contributed by atoms with van der Waals surface area (Å²) in [5.74, 6) is 0. The lowest BCUT2D eigenvalue weighted by molar-refractivity contribution is 0.0505. The number of imidazole rings is 1. The number of hydrogen-bond acceptors (Lipinski definition) is 3. The molecule has 2 aliphatic rings. The predicted molar refractivity (Wildman–Crippen MR) is 56.6 cm³/mol. The molecule has 0 radical (unpaired) electrons. The van der Waals surface area contributed by atoms with E-state index in [2.05, 4.69) is 14.9 Å². The summed E-state index contributed by atoms with van der Waals surface area (Å²) in [7, 11) is 0. The molecule has 1 N–H and O–H groups in total. The largest absolute Gasteiger partial charge is 0.371 e. The highest BCUT2D eigenvalue weighted by molar-refractivity contribution is 5.02. The van der Waals surface area contributed by atoms with Gasteiger partial charge in [0, 0.05) is 12.6 Å². The van der Waals surface area contributed by atoms with Crippen molar-refractivity contribution in [3.8, 4) is 0 Å². The minimum atomic E-state index is 0.396. The van der Waals surface area contributed by atoms with Gasteiger partial charge in [0.15, 0.2) is 0 Å². The molecular formula is C11H17N3O. The highest BCUT2D eigenvalue weighted by Gasteiger charge is 2.25. The number of hydrogen-bond donors (Lipinski definition) is 1. The molecule has 4 heteroatoms. The maximum atomic E-state index is 5.84. The molecule has 1 atom stereocenters. The quantitative estimate of drug-likeness (QED) is 0.803. The minimum Gasteiger partial charge on any atom is -0.371 e. The van der Waals surface area contributed by atoms with Crippen molar-refractivity contribution in [3.05, 3.63) is 18.2 Å². The Balaban J connectivity index is 1.58. The van der Waals surface area contributed by atoms with Crippen LogP contribution in [0.1, 0.15) is 31.0 Å². The van der Waals surface area contributed by atoms with Gasteiger partial charge in [-0.3, -0.25) is 0 Å². The Morgan fingerprint density at radius 1 is 1.47 bits per heavy atom. The second-order valence-electron chi connectivity index (χ2n) is 4.45.